The average Bonchev–Trinajstić information content (AvgIpc) is 2.80. The number of nitrogens with zero attached hydrogens (tertiary/aromatic N) is 4. The Bertz CT molecular complexity index is 1070. The number of carbonyl (C=O) groups excluding carboxylic acids is 1. The molecule has 2 heterocycles. The number of rotatable bonds is 5. The van der Waals surface area contributed by atoms with Crippen LogP contribution >= 0.6 is 11.6 Å². The van der Waals surface area contributed by atoms with Gasteiger partial charge in [-0.25, -0.2) is 14.8 Å². The van der Waals surface area contributed by atoms with E-state index in [0.717, 1.165) is 42.6 Å². The van der Waals surface area contributed by atoms with Gasteiger partial charge >= 0.3 is 5.97 Å². The van der Waals surface area contributed by atoms with Crippen molar-refractivity contribution in [1.82, 2.24) is 9.97 Å². The molecule has 1 aliphatic rings. The number of aromatic nitrogens is 2. The molecule has 3 N–H and O–H groups in total. The lowest BCUT2D eigenvalue weighted by molar-refractivity contribution is 0.0601. The van der Waals surface area contributed by atoms with Crippen molar-refractivity contribution in [3.05, 3.63) is 65.4 Å². The fourth-order valence-electron chi connectivity index (χ4n) is 3.53. The largest absolute Gasteiger partial charge is 0.465 e. The Balaban J connectivity index is 1.45. The number of halogens is 1. The molecule has 160 valence electrons. The molecule has 0 unspecified atom stereocenters. The summed E-state index contributed by atoms with van der Waals surface area (Å²) in [6, 6.07) is 14.8. The van der Waals surface area contributed by atoms with Gasteiger partial charge in [-0.2, -0.15) is 0 Å². The number of carbonyl (C=O) groups is 1. The summed E-state index contributed by atoms with van der Waals surface area (Å²) in [6.45, 7) is 3.23. The van der Waals surface area contributed by atoms with Crippen LogP contribution in [0.3, 0.4) is 0 Å². The van der Waals surface area contributed by atoms with E-state index >= 15 is 0 Å². The van der Waals surface area contributed by atoms with Crippen LogP contribution in [-0.4, -0.2) is 49.2 Å². The summed E-state index contributed by atoms with van der Waals surface area (Å²) in [6.07, 6.45) is 1.50. The van der Waals surface area contributed by atoms with E-state index < -0.39 is 0 Å². The van der Waals surface area contributed by atoms with Crippen molar-refractivity contribution in [2.24, 2.45) is 0 Å². The smallest absolute Gasteiger partial charge is 0.337 e. The summed E-state index contributed by atoms with van der Waals surface area (Å²) in [5.74, 6) is 0.842. The van der Waals surface area contributed by atoms with Crippen LogP contribution in [0.4, 0.5) is 28.7 Å². The standard InChI is InChI=1S/C22H23ClN6O2/c1-31-22(30)15-5-7-17(8-6-15)27-20-19(24)21(26-14-25-20)29-11-9-28(10-12-29)18-4-2-3-16(23)13-18/h2-8,13-14H,9-12,24H2,1H3,(H,25,26,27). The van der Waals surface area contributed by atoms with Crippen LogP contribution in [0.15, 0.2) is 54.9 Å². The average molecular weight is 439 g/mol. The minimum absolute atomic E-state index is 0.382. The summed E-state index contributed by atoms with van der Waals surface area (Å²) >= 11 is 6.12. The molecule has 0 atom stereocenters. The number of nitrogens with one attached hydrogen (secondary N) is 1. The van der Waals surface area contributed by atoms with Crippen LogP contribution in [-0.2, 0) is 4.74 Å². The number of hydrogen-bond donors (Lipinski definition) is 2. The Morgan fingerprint density at radius 1 is 1.06 bits per heavy atom. The molecule has 0 amide bonds. The molecule has 0 bridgehead atoms. The van der Waals surface area contributed by atoms with Crippen LogP contribution in [0.5, 0.6) is 0 Å². The zero-order valence-corrected chi connectivity index (χ0v) is 17.8. The highest BCUT2D eigenvalue weighted by Crippen LogP contribution is 2.30. The highest BCUT2D eigenvalue weighted by Gasteiger charge is 2.21. The second-order valence-corrected chi connectivity index (χ2v) is 7.54. The molecule has 31 heavy (non-hydrogen) atoms. The molecular weight excluding hydrogens is 416 g/mol. The molecule has 0 radical (unpaired) electrons. The second-order valence-electron chi connectivity index (χ2n) is 7.11. The SMILES string of the molecule is COC(=O)c1ccc(Nc2ncnc(N3CCN(c4cccc(Cl)c4)CC3)c2N)cc1. The van der Waals surface area contributed by atoms with Gasteiger partial charge in [0.25, 0.3) is 0 Å². The van der Waals surface area contributed by atoms with Gasteiger partial charge in [-0.1, -0.05) is 17.7 Å². The van der Waals surface area contributed by atoms with E-state index in [0.29, 0.717) is 22.9 Å². The third-order valence-corrected chi connectivity index (χ3v) is 5.42. The first-order valence-corrected chi connectivity index (χ1v) is 10.2. The summed E-state index contributed by atoms with van der Waals surface area (Å²) in [7, 11) is 1.35. The number of nitrogens with two attached hydrogens (primary N) is 1. The molecule has 8 nitrogen and oxygen atoms in total. The molecule has 1 aliphatic heterocycles. The summed E-state index contributed by atoms with van der Waals surface area (Å²) in [5, 5.41) is 3.93. The zero-order chi connectivity index (χ0) is 21.8. The van der Waals surface area contributed by atoms with Crippen LogP contribution < -0.4 is 20.9 Å². The van der Waals surface area contributed by atoms with Gasteiger partial charge in [0.05, 0.1) is 12.7 Å². The van der Waals surface area contributed by atoms with Crippen molar-refractivity contribution in [1.29, 1.82) is 0 Å². The van der Waals surface area contributed by atoms with Crippen molar-refractivity contribution in [2.75, 3.05) is 54.1 Å². The Morgan fingerprint density at radius 3 is 2.45 bits per heavy atom. The molecule has 1 fully saturated rings. The Morgan fingerprint density at radius 2 is 1.77 bits per heavy atom. The Kier molecular flexibility index (Phi) is 6.08. The lowest BCUT2D eigenvalue weighted by atomic mass is 10.2. The summed E-state index contributed by atoms with van der Waals surface area (Å²) < 4.78 is 4.72. The maximum absolute atomic E-state index is 11.6. The molecule has 3 aromatic rings. The van der Waals surface area contributed by atoms with Gasteiger partial charge in [-0.05, 0) is 42.5 Å². The quantitative estimate of drug-likeness (QED) is 0.583. The second kappa shape index (κ2) is 9.09. The molecule has 4 rings (SSSR count). The van der Waals surface area contributed by atoms with Crippen molar-refractivity contribution < 1.29 is 9.53 Å². The van der Waals surface area contributed by atoms with Gasteiger partial charge < -0.3 is 25.6 Å². The maximum Gasteiger partial charge on any atom is 0.337 e. The van der Waals surface area contributed by atoms with Crippen LogP contribution in [0.1, 0.15) is 10.4 Å². The third kappa shape index (κ3) is 4.64. The highest BCUT2D eigenvalue weighted by atomic mass is 35.5. The fourth-order valence-corrected chi connectivity index (χ4v) is 3.72. The minimum atomic E-state index is -0.382. The van der Waals surface area contributed by atoms with Crippen molar-refractivity contribution >= 4 is 46.3 Å². The lowest BCUT2D eigenvalue weighted by Gasteiger charge is -2.37. The van der Waals surface area contributed by atoms with Gasteiger partial charge in [-0.15, -0.1) is 0 Å². The van der Waals surface area contributed by atoms with E-state index in [2.05, 4.69) is 31.2 Å². The molecule has 1 saturated heterocycles. The normalized spacial score (nSPS) is 13.7. The Hall–Kier alpha value is -3.52. The first-order chi connectivity index (χ1) is 15.0. The predicted molar refractivity (Wildman–Crippen MR) is 123 cm³/mol. The van der Waals surface area contributed by atoms with E-state index in [1.807, 2.05) is 18.2 Å². The molecular formula is C22H23ClN6O2. The number of piperazine rings is 1. The number of benzene rings is 2. The topological polar surface area (TPSA) is 96.6 Å². The minimum Gasteiger partial charge on any atom is -0.465 e. The number of nitrogen functional groups attached to an aromatic ring is 1. The van der Waals surface area contributed by atoms with Gasteiger partial charge in [-0.3, -0.25) is 0 Å². The van der Waals surface area contributed by atoms with Gasteiger partial charge in [0.15, 0.2) is 11.6 Å². The van der Waals surface area contributed by atoms with Crippen LogP contribution in [0.25, 0.3) is 0 Å². The highest BCUT2D eigenvalue weighted by molar-refractivity contribution is 6.30. The van der Waals surface area contributed by atoms with E-state index in [-0.39, 0.29) is 5.97 Å². The van der Waals surface area contributed by atoms with Crippen LogP contribution in [0, 0.1) is 0 Å². The van der Waals surface area contributed by atoms with Crippen LogP contribution in [0.2, 0.25) is 5.02 Å². The van der Waals surface area contributed by atoms with Gasteiger partial charge in [0.1, 0.15) is 12.0 Å². The van der Waals surface area contributed by atoms with Crippen molar-refractivity contribution in [2.45, 2.75) is 0 Å². The fraction of sp³-hybridized carbons (Fsp3) is 0.227. The first-order valence-electron chi connectivity index (χ1n) is 9.86. The molecule has 0 saturated carbocycles. The number of methoxy groups -OCH3 is 1. The zero-order valence-electron chi connectivity index (χ0n) is 17.1. The molecule has 2 aromatic carbocycles. The molecule has 9 heteroatoms. The van der Waals surface area contributed by atoms with E-state index in [4.69, 9.17) is 22.1 Å². The molecule has 0 spiro atoms. The third-order valence-electron chi connectivity index (χ3n) is 5.18. The number of anilines is 5. The lowest BCUT2D eigenvalue weighted by Crippen LogP contribution is -2.47. The van der Waals surface area contributed by atoms with E-state index in [1.54, 1.807) is 24.3 Å². The number of ether oxygens (including phenoxy) is 1. The van der Waals surface area contributed by atoms with Gasteiger partial charge in [0.2, 0.25) is 0 Å². The van der Waals surface area contributed by atoms with E-state index in [1.165, 1.54) is 13.4 Å². The van der Waals surface area contributed by atoms with Gasteiger partial charge in [0, 0.05) is 42.6 Å². The maximum atomic E-state index is 11.6. The summed E-state index contributed by atoms with van der Waals surface area (Å²) in [4.78, 5) is 24.7. The summed E-state index contributed by atoms with van der Waals surface area (Å²) in [5.41, 5.74) is 9.22. The number of esters is 1. The predicted octanol–water partition coefficient (Wildman–Crippen LogP) is 3.57. The molecule has 0 aliphatic carbocycles. The Labute approximate surface area is 185 Å². The van der Waals surface area contributed by atoms with E-state index in [9.17, 15) is 4.79 Å². The molecule has 1 aromatic heterocycles. The monoisotopic (exact) mass is 438 g/mol. The van der Waals surface area contributed by atoms with Crippen molar-refractivity contribution in [3.63, 3.8) is 0 Å². The first kappa shape index (κ1) is 20.7. The number of hydrogen-bond acceptors (Lipinski definition) is 8. The van der Waals surface area contributed by atoms with Crippen molar-refractivity contribution in [3.8, 4) is 0 Å².